The van der Waals surface area contributed by atoms with Crippen LogP contribution in [0.4, 0.5) is 0 Å². The lowest BCUT2D eigenvalue weighted by Crippen LogP contribution is -2.24. The lowest BCUT2D eigenvalue weighted by Gasteiger charge is -2.17. The van der Waals surface area contributed by atoms with E-state index in [4.69, 9.17) is 15.7 Å². The van der Waals surface area contributed by atoms with E-state index in [-0.39, 0.29) is 5.84 Å². The Morgan fingerprint density at radius 2 is 2.33 bits per heavy atom. The second kappa shape index (κ2) is 5.84. The number of nitrogens with zero attached hydrogens (tertiary/aromatic N) is 2. The van der Waals surface area contributed by atoms with E-state index >= 15 is 0 Å². The number of hydrogen-bond donors (Lipinski definition) is 2. The quantitative estimate of drug-likeness (QED) is 0.361. The van der Waals surface area contributed by atoms with Gasteiger partial charge in [-0.2, -0.15) is 0 Å². The Kier molecular flexibility index (Phi) is 4.17. The standard InChI is InChI=1S/C13H19N3O2/c1-18-11-6-7-16(9-11)8-10-4-2-3-5-12(10)13(14)15-17/h2-5,11,17H,6-9H2,1H3,(H2,14,15). The first-order valence-electron chi connectivity index (χ1n) is 6.05. The fourth-order valence-corrected chi connectivity index (χ4v) is 2.34. The molecule has 5 nitrogen and oxygen atoms in total. The van der Waals surface area contributed by atoms with Crippen molar-refractivity contribution in [2.75, 3.05) is 20.2 Å². The largest absolute Gasteiger partial charge is 0.409 e. The number of ether oxygens (including phenoxy) is 1. The SMILES string of the molecule is COC1CCN(Cc2ccccc2/C(N)=N/O)C1. The molecule has 0 aromatic heterocycles. The molecule has 1 aromatic carbocycles. The summed E-state index contributed by atoms with van der Waals surface area (Å²) in [4.78, 5) is 2.32. The summed E-state index contributed by atoms with van der Waals surface area (Å²) in [7, 11) is 1.75. The molecular weight excluding hydrogens is 230 g/mol. The van der Waals surface area contributed by atoms with Crippen molar-refractivity contribution in [3.05, 3.63) is 35.4 Å². The summed E-state index contributed by atoms with van der Waals surface area (Å²) in [6.07, 6.45) is 1.38. The third-order valence-electron chi connectivity index (χ3n) is 3.36. The van der Waals surface area contributed by atoms with E-state index in [0.717, 1.165) is 37.2 Å². The molecule has 1 fully saturated rings. The average molecular weight is 249 g/mol. The number of hydrogen-bond acceptors (Lipinski definition) is 4. The average Bonchev–Trinajstić information content (AvgIpc) is 2.86. The summed E-state index contributed by atoms with van der Waals surface area (Å²) in [6.45, 7) is 2.75. The van der Waals surface area contributed by atoms with Crippen molar-refractivity contribution in [1.82, 2.24) is 4.90 Å². The van der Waals surface area contributed by atoms with Gasteiger partial charge in [0.05, 0.1) is 6.10 Å². The zero-order chi connectivity index (χ0) is 13.0. The molecule has 0 bridgehead atoms. The summed E-state index contributed by atoms with van der Waals surface area (Å²) in [5.74, 6) is 0.160. The Morgan fingerprint density at radius 3 is 3.00 bits per heavy atom. The number of amidine groups is 1. The highest BCUT2D eigenvalue weighted by Gasteiger charge is 2.22. The number of likely N-dealkylation sites (tertiary alicyclic amines) is 1. The lowest BCUT2D eigenvalue weighted by atomic mass is 10.1. The van der Waals surface area contributed by atoms with E-state index in [0.29, 0.717) is 6.10 Å². The van der Waals surface area contributed by atoms with Crippen LogP contribution in [0.1, 0.15) is 17.5 Å². The molecule has 0 amide bonds. The third-order valence-corrected chi connectivity index (χ3v) is 3.36. The van der Waals surface area contributed by atoms with Gasteiger partial charge in [-0.3, -0.25) is 4.90 Å². The van der Waals surface area contributed by atoms with Crippen LogP contribution < -0.4 is 5.73 Å². The Balaban J connectivity index is 2.10. The van der Waals surface area contributed by atoms with Crippen molar-refractivity contribution < 1.29 is 9.94 Å². The van der Waals surface area contributed by atoms with Crippen molar-refractivity contribution in [2.45, 2.75) is 19.1 Å². The number of nitrogens with two attached hydrogens (primary N) is 1. The van der Waals surface area contributed by atoms with E-state index < -0.39 is 0 Å². The van der Waals surface area contributed by atoms with E-state index in [1.807, 2.05) is 24.3 Å². The molecule has 2 rings (SSSR count). The minimum atomic E-state index is 0.160. The second-order valence-electron chi connectivity index (χ2n) is 4.52. The van der Waals surface area contributed by atoms with Crippen molar-refractivity contribution in [3.8, 4) is 0 Å². The van der Waals surface area contributed by atoms with Crippen LogP contribution in [0.25, 0.3) is 0 Å². The van der Waals surface area contributed by atoms with Gasteiger partial charge in [0.2, 0.25) is 0 Å². The van der Waals surface area contributed by atoms with Gasteiger partial charge in [0, 0.05) is 32.3 Å². The summed E-state index contributed by atoms with van der Waals surface area (Å²) >= 11 is 0. The number of rotatable bonds is 4. The van der Waals surface area contributed by atoms with Crippen molar-refractivity contribution in [2.24, 2.45) is 10.9 Å². The second-order valence-corrected chi connectivity index (χ2v) is 4.52. The zero-order valence-electron chi connectivity index (χ0n) is 10.5. The van der Waals surface area contributed by atoms with Gasteiger partial charge in [-0.15, -0.1) is 0 Å². The highest BCUT2D eigenvalue weighted by atomic mass is 16.5. The maximum atomic E-state index is 8.78. The topological polar surface area (TPSA) is 71.1 Å². The molecule has 0 spiro atoms. The number of oxime groups is 1. The molecule has 18 heavy (non-hydrogen) atoms. The highest BCUT2D eigenvalue weighted by molar-refractivity contribution is 5.98. The van der Waals surface area contributed by atoms with Crippen LogP contribution in [-0.2, 0) is 11.3 Å². The Labute approximate surface area is 107 Å². The Hall–Kier alpha value is -1.59. The monoisotopic (exact) mass is 249 g/mol. The number of benzene rings is 1. The molecule has 1 saturated heterocycles. The molecule has 1 unspecified atom stereocenters. The van der Waals surface area contributed by atoms with Gasteiger partial charge in [0.25, 0.3) is 0 Å². The molecule has 0 aliphatic carbocycles. The van der Waals surface area contributed by atoms with Gasteiger partial charge in [0.1, 0.15) is 0 Å². The van der Waals surface area contributed by atoms with E-state index in [2.05, 4.69) is 10.1 Å². The smallest absolute Gasteiger partial charge is 0.170 e. The summed E-state index contributed by atoms with van der Waals surface area (Å²) in [5, 5.41) is 11.9. The molecule has 1 aliphatic heterocycles. The van der Waals surface area contributed by atoms with Crippen LogP contribution in [-0.4, -0.2) is 42.2 Å². The first kappa shape index (κ1) is 12.9. The molecular formula is C13H19N3O2. The molecule has 1 heterocycles. The van der Waals surface area contributed by atoms with Crippen LogP contribution in [0.5, 0.6) is 0 Å². The van der Waals surface area contributed by atoms with Crippen LogP contribution >= 0.6 is 0 Å². The molecule has 1 atom stereocenters. The maximum Gasteiger partial charge on any atom is 0.170 e. The molecule has 1 aliphatic rings. The third kappa shape index (κ3) is 2.80. The minimum Gasteiger partial charge on any atom is -0.409 e. The van der Waals surface area contributed by atoms with Crippen molar-refractivity contribution in [3.63, 3.8) is 0 Å². The van der Waals surface area contributed by atoms with Crippen molar-refractivity contribution >= 4 is 5.84 Å². The molecule has 98 valence electrons. The normalized spacial score (nSPS) is 21.4. The van der Waals surface area contributed by atoms with Crippen molar-refractivity contribution in [1.29, 1.82) is 0 Å². The van der Waals surface area contributed by atoms with Gasteiger partial charge in [-0.1, -0.05) is 29.4 Å². The lowest BCUT2D eigenvalue weighted by molar-refractivity contribution is 0.107. The molecule has 0 radical (unpaired) electrons. The molecule has 0 saturated carbocycles. The molecule has 3 N–H and O–H groups in total. The predicted octanol–water partition coefficient (Wildman–Crippen LogP) is 1.00. The zero-order valence-corrected chi connectivity index (χ0v) is 10.5. The first-order valence-corrected chi connectivity index (χ1v) is 6.05. The van der Waals surface area contributed by atoms with Crippen LogP contribution in [0.2, 0.25) is 0 Å². The highest BCUT2D eigenvalue weighted by Crippen LogP contribution is 2.17. The summed E-state index contributed by atoms with van der Waals surface area (Å²) in [6, 6.07) is 7.73. The van der Waals surface area contributed by atoms with Gasteiger partial charge < -0.3 is 15.7 Å². The van der Waals surface area contributed by atoms with E-state index in [9.17, 15) is 0 Å². The summed E-state index contributed by atoms with van der Waals surface area (Å²) in [5.41, 5.74) is 7.55. The first-order chi connectivity index (χ1) is 8.74. The van der Waals surface area contributed by atoms with Gasteiger partial charge in [-0.05, 0) is 12.0 Å². The summed E-state index contributed by atoms with van der Waals surface area (Å²) < 4.78 is 5.35. The van der Waals surface area contributed by atoms with Crippen LogP contribution in [0.15, 0.2) is 29.4 Å². The van der Waals surface area contributed by atoms with Gasteiger partial charge >= 0.3 is 0 Å². The fourth-order valence-electron chi connectivity index (χ4n) is 2.34. The minimum absolute atomic E-state index is 0.160. The molecule has 5 heteroatoms. The van der Waals surface area contributed by atoms with Gasteiger partial charge in [-0.25, -0.2) is 0 Å². The Bertz CT molecular complexity index is 434. The maximum absolute atomic E-state index is 8.78. The predicted molar refractivity (Wildman–Crippen MR) is 69.6 cm³/mol. The van der Waals surface area contributed by atoms with E-state index in [1.54, 1.807) is 7.11 Å². The van der Waals surface area contributed by atoms with Gasteiger partial charge in [0.15, 0.2) is 5.84 Å². The number of methoxy groups -OCH3 is 1. The van der Waals surface area contributed by atoms with Crippen LogP contribution in [0.3, 0.4) is 0 Å². The van der Waals surface area contributed by atoms with Crippen LogP contribution in [0, 0.1) is 0 Å². The van der Waals surface area contributed by atoms with E-state index in [1.165, 1.54) is 0 Å². The fraction of sp³-hybridized carbons (Fsp3) is 0.462. The molecule has 1 aromatic rings. The Morgan fingerprint density at radius 1 is 1.56 bits per heavy atom.